The van der Waals surface area contributed by atoms with Crippen LogP contribution in [0.15, 0.2) is 48.8 Å². The first-order chi connectivity index (χ1) is 28.3. The van der Waals surface area contributed by atoms with Crippen molar-refractivity contribution < 1.29 is 14.4 Å². The molecular weight excluding hydrogens is 761 g/mol. The summed E-state index contributed by atoms with van der Waals surface area (Å²) < 4.78 is 0. The second kappa shape index (κ2) is 19.0. The molecule has 7 atom stereocenters. The van der Waals surface area contributed by atoms with Crippen LogP contribution in [0, 0.1) is 11.8 Å². The number of amides is 2. The van der Waals surface area contributed by atoms with Gasteiger partial charge in [-0.05, 0) is 136 Å². The molecule has 2 aliphatic carbocycles. The number of unbranched alkanes of at least 4 members (excludes halogenated alkanes) is 1. The highest BCUT2D eigenvalue weighted by Gasteiger charge is 2.42. The predicted molar refractivity (Wildman–Crippen MR) is 241 cm³/mol. The number of nitrogens with one attached hydrogen (secondary N) is 4. The van der Waals surface area contributed by atoms with Crippen molar-refractivity contribution in [1.82, 2.24) is 30.4 Å². The molecule has 4 N–H and O–H groups in total. The van der Waals surface area contributed by atoms with Crippen molar-refractivity contribution in [3.63, 3.8) is 0 Å². The van der Waals surface area contributed by atoms with Gasteiger partial charge in [-0.25, -0.2) is 0 Å². The van der Waals surface area contributed by atoms with Gasteiger partial charge < -0.3 is 20.6 Å². The summed E-state index contributed by atoms with van der Waals surface area (Å²) in [5, 5.41) is 9.01. The second-order valence-electron chi connectivity index (χ2n) is 17.7. The molecule has 58 heavy (non-hydrogen) atoms. The lowest BCUT2D eigenvalue weighted by molar-refractivity contribution is -0.125. The summed E-state index contributed by atoms with van der Waals surface area (Å²) in [6.45, 7) is 11.1. The van der Waals surface area contributed by atoms with E-state index in [4.69, 9.17) is 0 Å². The first-order valence-corrected chi connectivity index (χ1v) is 24.5. The van der Waals surface area contributed by atoms with Crippen LogP contribution in [-0.2, 0) is 27.2 Å². The lowest BCUT2D eigenvalue weighted by Gasteiger charge is -2.47. The minimum absolute atomic E-state index is 0.00657. The van der Waals surface area contributed by atoms with Gasteiger partial charge in [-0.1, -0.05) is 38.1 Å². The Morgan fingerprint density at radius 1 is 0.759 bits per heavy atom. The van der Waals surface area contributed by atoms with E-state index in [0.717, 1.165) is 82.6 Å². The Bertz CT molecular complexity index is 2060. The van der Waals surface area contributed by atoms with Gasteiger partial charge in [0, 0.05) is 77.8 Å². The van der Waals surface area contributed by atoms with Crippen molar-refractivity contribution in [2.24, 2.45) is 11.8 Å². The number of Topliss-reactive ketones (excluding diaryl/α,β-unsaturated/α-hetero) is 1. The van der Waals surface area contributed by atoms with Crippen molar-refractivity contribution >= 4 is 62.9 Å². The largest absolute Gasteiger partial charge is 0.361 e. The van der Waals surface area contributed by atoms with E-state index in [1.165, 1.54) is 50.5 Å². The normalized spacial score (nSPS) is 24.7. The first-order valence-electron chi connectivity index (χ1n) is 22.2. The number of fused-ring (bicyclic) bond motifs is 4. The summed E-state index contributed by atoms with van der Waals surface area (Å²) in [6, 6.07) is 14.1. The van der Waals surface area contributed by atoms with Gasteiger partial charge in [0.05, 0.1) is 17.5 Å². The van der Waals surface area contributed by atoms with E-state index in [9.17, 15) is 14.4 Å². The highest BCUT2D eigenvalue weighted by molar-refractivity contribution is 8.00. The van der Waals surface area contributed by atoms with Gasteiger partial charge in [-0.3, -0.25) is 24.2 Å². The zero-order chi connectivity index (χ0) is 40.2. The van der Waals surface area contributed by atoms with E-state index in [1.807, 2.05) is 0 Å². The van der Waals surface area contributed by atoms with Crippen LogP contribution < -0.4 is 10.6 Å². The van der Waals surface area contributed by atoms with Crippen LogP contribution in [0.25, 0.3) is 21.8 Å². The van der Waals surface area contributed by atoms with E-state index in [0.29, 0.717) is 60.2 Å². The minimum atomic E-state index is -0.476. The highest BCUT2D eigenvalue weighted by Crippen LogP contribution is 2.47. The van der Waals surface area contributed by atoms with Crippen LogP contribution in [0.3, 0.4) is 0 Å². The summed E-state index contributed by atoms with van der Waals surface area (Å²) in [7, 11) is 0. The summed E-state index contributed by atoms with van der Waals surface area (Å²) in [5.74, 6) is 4.96. The lowest BCUT2D eigenvalue weighted by Crippen LogP contribution is -2.50. The molecule has 312 valence electrons. The molecule has 0 spiro atoms. The zero-order valence-electron chi connectivity index (χ0n) is 34.8. The molecule has 4 aliphatic rings. The number of thioether (sulfide) groups is 2. The fourth-order valence-electron chi connectivity index (χ4n) is 11.1. The highest BCUT2D eigenvalue weighted by atomic mass is 32.2. The number of rotatable bonds is 19. The molecule has 0 radical (unpaired) electrons. The maximum atomic E-state index is 13.1. The Kier molecular flexibility index (Phi) is 13.6. The van der Waals surface area contributed by atoms with Gasteiger partial charge in [0.2, 0.25) is 11.8 Å². The van der Waals surface area contributed by atoms with Gasteiger partial charge in [-0.15, -0.1) is 0 Å². The van der Waals surface area contributed by atoms with Gasteiger partial charge >= 0.3 is 0 Å². The van der Waals surface area contributed by atoms with E-state index in [2.05, 4.69) is 93.0 Å². The maximum Gasteiger partial charge on any atom is 0.230 e. The summed E-state index contributed by atoms with van der Waals surface area (Å²) in [6.07, 6.45) is 13.4. The Labute approximate surface area is 353 Å². The van der Waals surface area contributed by atoms with Crippen LogP contribution in [-0.4, -0.2) is 111 Å². The standard InChI is InChI=1S/C47H64N6O3S2/c1-4-16-52-24-31(18-37-35-10-8-13-40-46(35)33(22-49-40)20-42(37)52)26-57-28-44(55)48-15-7-6-12-39(30(3)54)51-45(56)29-58-27-32-19-38-36-11-9-14-41-47(36)34(23-50-41)21-43(38)53(25-32)17-5-2/h8-11,13-14,22-23,31-32,37-39,42-43,49-50H,4-7,12,15-21,24-29H2,1-3H3,(H,48,55)(H,51,56)/t31-,32-,37-,38-,39+,42-,43-/m1/s1. The Balaban J connectivity index is 0.728. The molecule has 4 heterocycles. The van der Waals surface area contributed by atoms with Crippen LogP contribution in [0.5, 0.6) is 0 Å². The number of hydrogen-bond donors (Lipinski definition) is 4. The lowest BCUT2D eigenvalue weighted by atomic mass is 9.72. The molecule has 8 rings (SSSR count). The molecule has 2 aliphatic heterocycles. The summed E-state index contributed by atoms with van der Waals surface area (Å²) in [5.41, 5.74) is 8.41. The monoisotopic (exact) mass is 824 g/mol. The van der Waals surface area contributed by atoms with Gasteiger partial charge in [-0.2, -0.15) is 23.5 Å². The summed E-state index contributed by atoms with van der Waals surface area (Å²) in [4.78, 5) is 50.8. The van der Waals surface area contributed by atoms with E-state index >= 15 is 0 Å². The number of aromatic amines is 2. The number of piperidine rings is 2. The molecule has 2 amide bonds. The molecule has 2 aromatic heterocycles. The second-order valence-corrected chi connectivity index (χ2v) is 19.8. The van der Waals surface area contributed by atoms with Crippen molar-refractivity contribution in [3.05, 3.63) is 71.0 Å². The first kappa shape index (κ1) is 41.5. The quantitative estimate of drug-likeness (QED) is 0.0719. The molecular formula is C47H64N6O3S2. The fraction of sp³-hybridized carbons (Fsp3) is 0.596. The maximum absolute atomic E-state index is 13.1. The van der Waals surface area contributed by atoms with Crippen LogP contribution in [0.1, 0.15) is 99.8 Å². The van der Waals surface area contributed by atoms with E-state index in [-0.39, 0.29) is 17.6 Å². The van der Waals surface area contributed by atoms with Gasteiger partial charge in [0.15, 0.2) is 5.78 Å². The van der Waals surface area contributed by atoms with Crippen LogP contribution in [0.4, 0.5) is 0 Å². The van der Waals surface area contributed by atoms with E-state index < -0.39 is 6.04 Å². The third-order valence-corrected chi connectivity index (χ3v) is 15.9. The van der Waals surface area contributed by atoms with Gasteiger partial charge in [0.1, 0.15) is 0 Å². The number of aromatic nitrogens is 2. The van der Waals surface area contributed by atoms with Crippen molar-refractivity contribution in [3.8, 4) is 0 Å². The average Bonchev–Trinajstić information content (AvgIpc) is 3.84. The zero-order valence-corrected chi connectivity index (χ0v) is 36.5. The SMILES string of the molecule is CCCN1C[C@H](CSCC(=O)NCCCC[C@H](NC(=O)CSC[C@@H]2C[C@@H]3c4cccc5[nH]cc(c45)C[C@H]3N(CCC)C2)C(C)=O)C[C@@H]2c3cccc4[nH]cc(c34)C[C@H]21. The summed E-state index contributed by atoms with van der Waals surface area (Å²) >= 11 is 3.47. The van der Waals surface area contributed by atoms with Crippen molar-refractivity contribution in [1.29, 1.82) is 0 Å². The molecule has 0 unspecified atom stereocenters. The number of carbonyl (C=O) groups is 3. The van der Waals surface area contributed by atoms with Crippen molar-refractivity contribution in [2.75, 3.05) is 55.7 Å². The van der Waals surface area contributed by atoms with Gasteiger partial charge in [0.25, 0.3) is 0 Å². The minimum Gasteiger partial charge on any atom is -0.361 e. The molecule has 2 fully saturated rings. The average molecular weight is 825 g/mol. The molecule has 4 aromatic rings. The smallest absolute Gasteiger partial charge is 0.230 e. The fourth-order valence-corrected chi connectivity index (χ4v) is 13.1. The topological polar surface area (TPSA) is 113 Å². The Hall–Kier alpha value is -3.25. The predicted octanol–water partition coefficient (Wildman–Crippen LogP) is 7.66. The molecule has 2 saturated heterocycles. The van der Waals surface area contributed by atoms with Crippen LogP contribution in [0.2, 0.25) is 0 Å². The number of hydrogen-bond acceptors (Lipinski definition) is 7. The van der Waals surface area contributed by atoms with Crippen LogP contribution >= 0.6 is 23.5 Å². The molecule has 0 bridgehead atoms. The van der Waals surface area contributed by atoms with E-state index in [1.54, 1.807) is 30.4 Å². The molecule has 2 aromatic carbocycles. The third-order valence-electron chi connectivity index (χ3n) is 13.6. The number of benzene rings is 2. The number of ketones is 1. The number of nitrogens with zero attached hydrogens (tertiary/aromatic N) is 2. The number of carbonyl (C=O) groups excluding carboxylic acids is 3. The number of H-pyrrole nitrogens is 2. The third kappa shape index (κ3) is 9.08. The Morgan fingerprint density at radius 3 is 1.81 bits per heavy atom. The molecule has 0 saturated carbocycles. The molecule has 9 nitrogen and oxygen atoms in total. The molecule has 11 heteroatoms. The number of likely N-dealkylation sites (tertiary alicyclic amines) is 2. The van der Waals surface area contributed by atoms with Crippen molar-refractivity contribution in [2.45, 2.75) is 109 Å². The Morgan fingerprint density at radius 2 is 1.29 bits per heavy atom.